The fraction of sp³-hybridized carbons (Fsp3) is 0.526. The molecule has 2 fully saturated rings. The second kappa shape index (κ2) is 7.38. The number of amides is 3. The summed E-state index contributed by atoms with van der Waals surface area (Å²) in [6, 6.07) is 5.39. The van der Waals surface area contributed by atoms with Crippen LogP contribution >= 0.6 is 0 Å². The summed E-state index contributed by atoms with van der Waals surface area (Å²) in [6.07, 6.45) is 1.47. The SMILES string of the molecule is N[C@@H]1CCOC[C@@H]1NCc1ccc2c(c1)C(=O)N(C1CCC(=O)NC1=O)C2. The summed E-state index contributed by atoms with van der Waals surface area (Å²) in [5.74, 6) is -0.821. The van der Waals surface area contributed by atoms with Crippen LogP contribution in [-0.2, 0) is 27.4 Å². The summed E-state index contributed by atoms with van der Waals surface area (Å²) in [4.78, 5) is 37.8. The summed E-state index contributed by atoms with van der Waals surface area (Å²) in [6.45, 7) is 2.29. The summed E-state index contributed by atoms with van der Waals surface area (Å²) >= 11 is 0. The largest absolute Gasteiger partial charge is 0.380 e. The molecule has 1 aromatic rings. The van der Waals surface area contributed by atoms with Crippen LogP contribution in [0.3, 0.4) is 0 Å². The molecule has 0 saturated carbocycles. The van der Waals surface area contributed by atoms with Crippen LogP contribution in [0.5, 0.6) is 0 Å². The van der Waals surface area contributed by atoms with E-state index in [0.29, 0.717) is 38.3 Å². The number of piperidine rings is 1. The van der Waals surface area contributed by atoms with E-state index in [4.69, 9.17) is 10.5 Å². The molecule has 4 rings (SSSR count). The highest BCUT2D eigenvalue weighted by atomic mass is 16.5. The number of ether oxygens (including phenoxy) is 1. The predicted octanol–water partition coefficient (Wildman–Crippen LogP) is -0.347. The van der Waals surface area contributed by atoms with E-state index in [0.717, 1.165) is 17.5 Å². The van der Waals surface area contributed by atoms with Gasteiger partial charge in [-0.15, -0.1) is 0 Å². The average Bonchev–Trinajstić information content (AvgIpc) is 2.97. The number of hydrogen-bond donors (Lipinski definition) is 3. The molecule has 0 spiro atoms. The highest BCUT2D eigenvalue weighted by Gasteiger charge is 2.39. The van der Waals surface area contributed by atoms with Gasteiger partial charge in [0.15, 0.2) is 0 Å². The van der Waals surface area contributed by atoms with Crippen molar-refractivity contribution in [3.05, 3.63) is 34.9 Å². The van der Waals surface area contributed by atoms with Crippen LogP contribution in [0.4, 0.5) is 0 Å². The van der Waals surface area contributed by atoms with Crippen molar-refractivity contribution in [2.45, 2.75) is 50.5 Å². The zero-order valence-corrected chi connectivity index (χ0v) is 15.1. The Morgan fingerprint density at radius 2 is 2.11 bits per heavy atom. The molecule has 144 valence electrons. The first-order valence-corrected chi connectivity index (χ1v) is 9.36. The van der Waals surface area contributed by atoms with Gasteiger partial charge in [-0.3, -0.25) is 19.7 Å². The number of nitrogens with one attached hydrogen (secondary N) is 2. The summed E-state index contributed by atoms with van der Waals surface area (Å²) in [5, 5.41) is 5.72. The van der Waals surface area contributed by atoms with Crippen molar-refractivity contribution < 1.29 is 19.1 Å². The zero-order chi connectivity index (χ0) is 19.0. The van der Waals surface area contributed by atoms with Crippen LogP contribution in [0.25, 0.3) is 0 Å². The highest BCUT2D eigenvalue weighted by molar-refractivity contribution is 6.05. The number of imide groups is 1. The molecule has 8 nitrogen and oxygen atoms in total. The second-order valence-electron chi connectivity index (χ2n) is 7.41. The molecule has 3 amide bonds. The number of carbonyl (C=O) groups excluding carboxylic acids is 3. The van der Waals surface area contributed by atoms with E-state index in [2.05, 4.69) is 10.6 Å². The maximum Gasteiger partial charge on any atom is 0.255 e. The quantitative estimate of drug-likeness (QED) is 0.623. The average molecular weight is 372 g/mol. The zero-order valence-electron chi connectivity index (χ0n) is 15.1. The van der Waals surface area contributed by atoms with Gasteiger partial charge in [0.2, 0.25) is 11.8 Å². The first-order chi connectivity index (χ1) is 13.0. The molecule has 3 aliphatic heterocycles. The molecule has 3 aliphatic rings. The third-order valence-electron chi connectivity index (χ3n) is 5.57. The van der Waals surface area contributed by atoms with Crippen molar-refractivity contribution in [2.75, 3.05) is 13.2 Å². The number of benzene rings is 1. The minimum atomic E-state index is -0.582. The molecule has 0 aromatic heterocycles. The number of carbonyl (C=O) groups is 3. The first kappa shape index (κ1) is 18.1. The van der Waals surface area contributed by atoms with Gasteiger partial charge in [0, 0.05) is 43.8 Å². The molecule has 0 radical (unpaired) electrons. The van der Waals surface area contributed by atoms with E-state index in [1.54, 1.807) is 4.90 Å². The van der Waals surface area contributed by atoms with E-state index >= 15 is 0 Å². The van der Waals surface area contributed by atoms with E-state index in [-0.39, 0.29) is 36.2 Å². The molecular formula is C19H24N4O4. The van der Waals surface area contributed by atoms with Crippen LogP contribution in [0, 0.1) is 0 Å². The smallest absolute Gasteiger partial charge is 0.255 e. The minimum absolute atomic E-state index is 0.0674. The van der Waals surface area contributed by atoms with Gasteiger partial charge >= 0.3 is 0 Å². The first-order valence-electron chi connectivity index (χ1n) is 9.36. The van der Waals surface area contributed by atoms with Gasteiger partial charge in [-0.05, 0) is 30.0 Å². The Balaban J connectivity index is 1.43. The molecule has 3 heterocycles. The van der Waals surface area contributed by atoms with Gasteiger partial charge in [0.05, 0.1) is 6.61 Å². The molecule has 8 heteroatoms. The lowest BCUT2D eigenvalue weighted by Crippen LogP contribution is -2.52. The Kier molecular flexibility index (Phi) is 4.94. The molecule has 1 aromatic carbocycles. The summed E-state index contributed by atoms with van der Waals surface area (Å²) < 4.78 is 5.47. The number of fused-ring (bicyclic) bond motifs is 1. The molecule has 27 heavy (non-hydrogen) atoms. The van der Waals surface area contributed by atoms with Gasteiger partial charge in [-0.25, -0.2) is 0 Å². The van der Waals surface area contributed by atoms with E-state index in [1.165, 1.54) is 0 Å². The van der Waals surface area contributed by atoms with Gasteiger partial charge in [0.25, 0.3) is 5.91 Å². The van der Waals surface area contributed by atoms with Crippen LogP contribution in [0.1, 0.15) is 40.7 Å². The van der Waals surface area contributed by atoms with Gasteiger partial charge in [0.1, 0.15) is 6.04 Å². The fourth-order valence-corrected chi connectivity index (χ4v) is 3.93. The van der Waals surface area contributed by atoms with Crippen molar-refractivity contribution in [2.24, 2.45) is 5.73 Å². The Morgan fingerprint density at radius 3 is 2.89 bits per heavy atom. The van der Waals surface area contributed by atoms with Crippen LogP contribution < -0.4 is 16.4 Å². The predicted molar refractivity (Wildman–Crippen MR) is 96.5 cm³/mol. The number of nitrogens with zero attached hydrogens (tertiary/aromatic N) is 1. The summed E-state index contributed by atoms with van der Waals surface area (Å²) in [7, 11) is 0. The molecule has 3 atom stereocenters. The normalized spacial score (nSPS) is 28.3. The van der Waals surface area contributed by atoms with Gasteiger partial charge in [-0.1, -0.05) is 12.1 Å². The lowest BCUT2D eigenvalue weighted by atomic mass is 10.0. The van der Waals surface area contributed by atoms with Crippen molar-refractivity contribution in [3.8, 4) is 0 Å². The fourth-order valence-electron chi connectivity index (χ4n) is 3.93. The maximum absolute atomic E-state index is 12.8. The van der Waals surface area contributed by atoms with Gasteiger partial charge in [-0.2, -0.15) is 0 Å². The number of rotatable bonds is 4. The summed E-state index contributed by atoms with van der Waals surface area (Å²) in [5.41, 5.74) is 8.64. The Hall–Kier alpha value is -2.29. The number of hydrogen-bond acceptors (Lipinski definition) is 6. The highest BCUT2D eigenvalue weighted by Crippen LogP contribution is 2.28. The molecular weight excluding hydrogens is 348 g/mol. The Bertz CT molecular complexity index is 781. The topological polar surface area (TPSA) is 114 Å². The molecule has 1 unspecified atom stereocenters. The van der Waals surface area contributed by atoms with E-state index < -0.39 is 6.04 Å². The lowest BCUT2D eigenvalue weighted by molar-refractivity contribution is -0.136. The van der Waals surface area contributed by atoms with Crippen molar-refractivity contribution in [1.82, 2.24) is 15.5 Å². The maximum atomic E-state index is 12.8. The Labute approximate surface area is 157 Å². The second-order valence-corrected chi connectivity index (χ2v) is 7.41. The minimum Gasteiger partial charge on any atom is -0.380 e. The monoisotopic (exact) mass is 372 g/mol. The van der Waals surface area contributed by atoms with E-state index in [1.807, 2.05) is 18.2 Å². The van der Waals surface area contributed by atoms with E-state index in [9.17, 15) is 14.4 Å². The van der Waals surface area contributed by atoms with Gasteiger partial charge < -0.3 is 20.7 Å². The van der Waals surface area contributed by atoms with Crippen molar-refractivity contribution in [1.29, 1.82) is 0 Å². The number of nitrogens with two attached hydrogens (primary N) is 1. The van der Waals surface area contributed by atoms with Crippen LogP contribution in [0.15, 0.2) is 18.2 Å². The van der Waals surface area contributed by atoms with Crippen molar-refractivity contribution >= 4 is 17.7 Å². The molecule has 4 N–H and O–H groups in total. The van der Waals surface area contributed by atoms with Crippen molar-refractivity contribution in [3.63, 3.8) is 0 Å². The molecule has 2 saturated heterocycles. The third-order valence-corrected chi connectivity index (χ3v) is 5.57. The van der Waals surface area contributed by atoms with Crippen LogP contribution in [0.2, 0.25) is 0 Å². The third kappa shape index (κ3) is 3.60. The Morgan fingerprint density at radius 1 is 1.26 bits per heavy atom. The lowest BCUT2D eigenvalue weighted by Gasteiger charge is -2.29. The molecule has 0 aliphatic carbocycles. The standard InChI is InChI=1S/C19H24N4O4/c20-14-5-6-27-10-15(14)21-8-11-1-2-12-9-23(19(26)13(12)7-11)16-3-4-17(24)22-18(16)25/h1-2,7,14-16,21H,3-6,8-10,20H2,(H,22,24,25)/t14-,15+,16?/m1/s1. The molecule has 0 bridgehead atoms. The van der Waals surface area contributed by atoms with Crippen LogP contribution in [-0.4, -0.2) is 54.0 Å².